The molecule has 1 aromatic heterocycles. The molecule has 7 heteroatoms. The molecule has 4 aromatic rings. The molecule has 3 aromatic carbocycles. The van der Waals surface area contributed by atoms with E-state index in [0.29, 0.717) is 16.5 Å². The van der Waals surface area contributed by atoms with Crippen molar-refractivity contribution in [2.24, 2.45) is 0 Å². The Morgan fingerprint density at radius 3 is 2.34 bits per heavy atom. The second-order valence-corrected chi connectivity index (χ2v) is 7.72. The Hall–Kier alpha value is -3.89. The summed E-state index contributed by atoms with van der Waals surface area (Å²) in [7, 11) is -4.10. The van der Waals surface area contributed by atoms with Gasteiger partial charge in [0, 0.05) is 6.07 Å². The first kappa shape index (κ1) is 18.5. The summed E-state index contributed by atoms with van der Waals surface area (Å²) in [5.41, 5.74) is 1.47. The summed E-state index contributed by atoms with van der Waals surface area (Å²) in [5, 5.41) is 9.13. The molecule has 0 aliphatic heterocycles. The minimum absolute atomic E-state index is 0.0115. The summed E-state index contributed by atoms with van der Waals surface area (Å²) >= 11 is 0. The maximum atomic E-state index is 12.8. The number of hydrogen-bond donors (Lipinski definition) is 0. The Morgan fingerprint density at radius 2 is 1.66 bits per heavy atom. The first-order valence-corrected chi connectivity index (χ1v) is 9.94. The average molecular weight is 403 g/mol. The Morgan fingerprint density at radius 1 is 0.931 bits per heavy atom. The molecule has 0 bridgehead atoms. The highest BCUT2D eigenvalue weighted by Gasteiger charge is 2.18. The topological polar surface area (TPSA) is 97.4 Å². The van der Waals surface area contributed by atoms with E-state index in [1.807, 2.05) is 24.3 Å². The number of hydrogen-bond acceptors (Lipinski definition) is 6. The second-order valence-electron chi connectivity index (χ2n) is 6.18. The summed E-state index contributed by atoms with van der Waals surface area (Å²) in [5.74, 6) is 0.0115. The van der Waals surface area contributed by atoms with Crippen LogP contribution in [0.25, 0.3) is 22.1 Å². The predicted molar refractivity (Wildman–Crippen MR) is 107 cm³/mol. The first-order chi connectivity index (χ1) is 14.0. The van der Waals surface area contributed by atoms with Crippen LogP contribution in [0.4, 0.5) is 0 Å². The quantitative estimate of drug-likeness (QED) is 0.476. The van der Waals surface area contributed by atoms with Crippen LogP contribution in [0.2, 0.25) is 0 Å². The first-order valence-electron chi connectivity index (χ1n) is 8.53. The molecule has 0 atom stereocenters. The van der Waals surface area contributed by atoms with Crippen molar-refractivity contribution in [2.45, 2.75) is 4.90 Å². The molecule has 29 heavy (non-hydrogen) atoms. The van der Waals surface area contributed by atoms with E-state index >= 15 is 0 Å². The smallest absolute Gasteiger partial charge is 0.339 e. The molecule has 1 heterocycles. The fourth-order valence-electron chi connectivity index (χ4n) is 2.85. The van der Waals surface area contributed by atoms with E-state index in [1.54, 1.807) is 12.1 Å². The van der Waals surface area contributed by atoms with E-state index in [0.717, 1.165) is 5.56 Å². The Labute approximate surface area is 166 Å². The number of benzene rings is 3. The molecule has 0 spiro atoms. The Bertz CT molecular complexity index is 1400. The monoisotopic (exact) mass is 403 g/mol. The normalized spacial score (nSPS) is 11.1. The van der Waals surface area contributed by atoms with Crippen molar-refractivity contribution >= 4 is 21.1 Å². The molecule has 0 N–H and O–H groups in total. The van der Waals surface area contributed by atoms with Gasteiger partial charge < -0.3 is 8.60 Å². The highest BCUT2D eigenvalue weighted by molar-refractivity contribution is 7.87. The van der Waals surface area contributed by atoms with Gasteiger partial charge in [0.1, 0.15) is 22.5 Å². The number of rotatable bonds is 4. The summed E-state index contributed by atoms with van der Waals surface area (Å²) in [6.07, 6.45) is 1.35. The lowest BCUT2D eigenvalue weighted by Gasteiger charge is -2.08. The number of nitrogens with zero attached hydrogens (tertiary/aromatic N) is 1. The minimum atomic E-state index is -4.10. The van der Waals surface area contributed by atoms with Gasteiger partial charge in [0.25, 0.3) is 0 Å². The van der Waals surface area contributed by atoms with Gasteiger partial charge in [-0.05, 0) is 42.0 Å². The average Bonchev–Trinajstić information content (AvgIpc) is 2.74. The third kappa shape index (κ3) is 3.61. The van der Waals surface area contributed by atoms with Crippen LogP contribution >= 0.6 is 0 Å². The van der Waals surface area contributed by atoms with E-state index in [1.165, 1.54) is 48.7 Å². The zero-order valence-corrected chi connectivity index (χ0v) is 15.7. The van der Waals surface area contributed by atoms with Gasteiger partial charge in [0.15, 0.2) is 5.43 Å². The van der Waals surface area contributed by atoms with Gasteiger partial charge in [0.05, 0.1) is 22.6 Å². The van der Waals surface area contributed by atoms with Gasteiger partial charge in [-0.2, -0.15) is 13.7 Å². The molecule has 0 aliphatic rings. The molecule has 6 nitrogen and oxygen atoms in total. The van der Waals surface area contributed by atoms with Gasteiger partial charge in [-0.25, -0.2) is 0 Å². The Kier molecular flexibility index (Phi) is 4.63. The molecule has 0 saturated carbocycles. The maximum absolute atomic E-state index is 12.8. The Balaban J connectivity index is 1.69. The van der Waals surface area contributed by atoms with Crippen molar-refractivity contribution < 1.29 is 17.0 Å². The van der Waals surface area contributed by atoms with E-state index < -0.39 is 10.1 Å². The zero-order chi connectivity index (χ0) is 20.4. The SMILES string of the molecule is N#Cc1ccc(S(=O)(=O)Oc2ccc3c(=O)c(-c4ccccc4)coc3c2)cc1. The number of fused-ring (bicyclic) bond motifs is 1. The lowest BCUT2D eigenvalue weighted by atomic mass is 10.1. The van der Waals surface area contributed by atoms with Crippen LogP contribution in [0.5, 0.6) is 5.75 Å². The standard InChI is InChI=1S/C22H13NO5S/c23-13-15-6-9-18(10-7-15)29(25,26)28-17-8-11-19-21(12-17)27-14-20(22(19)24)16-4-2-1-3-5-16/h1-12,14H. The molecule has 0 saturated heterocycles. The largest absolute Gasteiger partial charge is 0.463 e. The number of nitriles is 1. The van der Waals surface area contributed by atoms with Gasteiger partial charge in [-0.15, -0.1) is 0 Å². The summed E-state index contributed by atoms with van der Waals surface area (Å²) in [6, 6.07) is 20.6. The van der Waals surface area contributed by atoms with E-state index in [4.69, 9.17) is 13.9 Å². The fraction of sp³-hybridized carbons (Fsp3) is 0. The van der Waals surface area contributed by atoms with Crippen LogP contribution < -0.4 is 9.61 Å². The van der Waals surface area contributed by atoms with Gasteiger partial charge >= 0.3 is 10.1 Å². The third-order valence-corrected chi connectivity index (χ3v) is 5.57. The van der Waals surface area contributed by atoms with Gasteiger partial charge in [0.2, 0.25) is 0 Å². The van der Waals surface area contributed by atoms with Crippen LogP contribution in [0.3, 0.4) is 0 Å². The fourth-order valence-corrected chi connectivity index (χ4v) is 3.77. The van der Waals surface area contributed by atoms with Crippen molar-refractivity contribution in [3.63, 3.8) is 0 Å². The molecule has 0 aliphatic carbocycles. The van der Waals surface area contributed by atoms with Crippen molar-refractivity contribution in [1.82, 2.24) is 0 Å². The van der Waals surface area contributed by atoms with Gasteiger partial charge in [-0.1, -0.05) is 30.3 Å². The summed E-state index contributed by atoms with van der Waals surface area (Å²) in [6.45, 7) is 0. The molecular formula is C22H13NO5S. The van der Waals surface area contributed by atoms with Crippen molar-refractivity contribution in [3.8, 4) is 22.9 Å². The third-order valence-electron chi connectivity index (χ3n) is 4.31. The van der Waals surface area contributed by atoms with Crippen LogP contribution in [0, 0.1) is 11.3 Å². The molecular weight excluding hydrogens is 390 g/mol. The van der Waals surface area contributed by atoms with E-state index in [-0.39, 0.29) is 21.7 Å². The van der Waals surface area contributed by atoms with E-state index in [9.17, 15) is 13.2 Å². The molecule has 0 fully saturated rings. The molecule has 142 valence electrons. The highest BCUT2D eigenvalue weighted by atomic mass is 32.2. The van der Waals surface area contributed by atoms with E-state index in [2.05, 4.69) is 0 Å². The lowest BCUT2D eigenvalue weighted by Crippen LogP contribution is -2.10. The second kappa shape index (κ2) is 7.26. The van der Waals surface area contributed by atoms with Crippen LogP contribution in [-0.4, -0.2) is 8.42 Å². The zero-order valence-electron chi connectivity index (χ0n) is 14.9. The van der Waals surface area contributed by atoms with Crippen molar-refractivity contribution in [2.75, 3.05) is 0 Å². The molecule has 0 radical (unpaired) electrons. The molecule has 4 rings (SSSR count). The molecule has 0 unspecified atom stereocenters. The predicted octanol–water partition coefficient (Wildman–Crippen LogP) is 4.10. The minimum Gasteiger partial charge on any atom is -0.463 e. The van der Waals surface area contributed by atoms with Crippen LogP contribution in [0.1, 0.15) is 5.56 Å². The lowest BCUT2D eigenvalue weighted by molar-refractivity contribution is 0.485. The maximum Gasteiger partial charge on any atom is 0.339 e. The molecule has 0 amide bonds. The van der Waals surface area contributed by atoms with Crippen LogP contribution in [-0.2, 0) is 10.1 Å². The van der Waals surface area contributed by atoms with Crippen molar-refractivity contribution in [3.05, 3.63) is 94.8 Å². The summed E-state index contributed by atoms with van der Waals surface area (Å²) < 4.78 is 35.6. The van der Waals surface area contributed by atoms with Gasteiger partial charge in [-0.3, -0.25) is 4.79 Å². The summed E-state index contributed by atoms with van der Waals surface area (Å²) in [4.78, 5) is 12.7. The van der Waals surface area contributed by atoms with Crippen molar-refractivity contribution in [1.29, 1.82) is 5.26 Å². The highest BCUT2D eigenvalue weighted by Crippen LogP contribution is 2.25. The van der Waals surface area contributed by atoms with Crippen LogP contribution in [0.15, 0.2) is 93.2 Å².